The van der Waals surface area contributed by atoms with Gasteiger partial charge in [0.05, 0.1) is 16.6 Å². The highest BCUT2D eigenvalue weighted by atomic mass is 32.2. The number of benzene rings is 2. The molecule has 11 heteroatoms. The Bertz CT molecular complexity index is 1210. The van der Waals surface area contributed by atoms with Gasteiger partial charge in [-0.3, -0.25) is 4.72 Å². The Morgan fingerprint density at radius 3 is 2.24 bits per heavy atom. The van der Waals surface area contributed by atoms with E-state index in [-0.39, 0.29) is 15.5 Å². The second-order valence-corrected chi connectivity index (χ2v) is 11.0. The Labute approximate surface area is 174 Å². The highest BCUT2D eigenvalue weighted by Crippen LogP contribution is 2.25. The van der Waals surface area contributed by atoms with E-state index in [4.69, 9.17) is 0 Å². The number of aromatic nitrogens is 2. The van der Waals surface area contributed by atoms with E-state index in [2.05, 4.69) is 13.5 Å². The van der Waals surface area contributed by atoms with E-state index in [1.54, 1.807) is 12.1 Å². The Kier molecular flexibility index (Phi) is 5.56. The van der Waals surface area contributed by atoms with E-state index >= 15 is 0 Å². The van der Waals surface area contributed by atoms with Crippen LogP contribution in [0.3, 0.4) is 0 Å². The van der Waals surface area contributed by atoms with E-state index in [0.29, 0.717) is 24.1 Å². The number of hydrogen-bond donors (Lipinski definition) is 1. The first-order chi connectivity index (χ1) is 13.9. The summed E-state index contributed by atoms with van der Waals surface area (Å²) in [6.07, 6.45) is 3.78. The quantitative estimate of drug-likeness (QED) is 0.637. The van der Waals surface area contributed by atoms with Crippen molar-refractivity contribution < 1.29 is 16.8 Å². The predicted molar refractivity (Wildman–Crippen MR) is 112 cm³/mol. The van der Waals surface area contributed by atoms with Gasteiger partial charge in [0, 0.05) is 18.8 Å². The van der Waals surface area contributed by atoms with E-state index in [1.165, 1.54) is 34.6 Å². The molecule has 8 nitrogen and oxygen atoms in total. The summed E-state index contributed by atoms with van der Waals surface area (Å²) in [6.45, 7) is 1.03. The lowest BCUT2D eigenvalue weighted by Crippen LogP contribution is -2.31. The molecule has 0 aliphatic carbocycles. The molecule has 2 aromatic carbocycles. The van der Waals surface area contributed by atoms with Gasteiger partial charge in [-0.25, -0.2) is 16.8 Å². The van der Waals surface area contributed by atoms with Gasteiger partial charge < -0.3 is 0 Å². The minimum atomic E-state index is -3.89. The maximum Gasteiger partial charge on any atom is 0.264 e. The minimum absolute atomic E-state index is 0.0324. The number of rotatable bonds is 5. The Hall–Kier alpha value is -2.08. The topological polar surface area (TPSA) is 109 Å². The standard InChI is InChI=1S/C18H20N4O4S3/c23-28(24,17-7-5-6-16-18(17)20-27-19-16)21-14-8-10-15(11-9-14)29(25,26)22-12-3-1-2-4-13-22/h5-11,21H,1-4,12-13H2. The van der Waals surface area contributed by atoms with Crippen molar-refractivity contribution >= 4 is 48.5 Å². The summed E-state index contributed by atoms with van der Waals surface area (Å²) in [4.78, 5) is 0.193. The van der Waals surface area contributed by atoms with Crippen LogP contribution in [0.5, 0.6) is 0 Å². The van der Waals surface area contributed by atoms with Crippen LogP contribution in [0.2, 0.25) is 0 Å². The smallest absolute Gasteiger partial charge is 0.264 e. The second-order valence-electron chi connectivity index (χ2n) is 6.84. The summed E-state index contributed by atoms with van der Waals surface area (Å²) >= 11 is 0.946. The molecule has 0 spiro atoms. The molecular formula is C18H20N4O4S3. The van der Waals surface area contributed by atoms with Crippen LogP contribution in [0.1, 0.15) is 25.7 Å². The van der Waals surface area contributed by atoms with Crippen molar-refractivity contribution in [1.82, 2.24) is 13.1 Å². The lowest BCUT2D eigenvalue weighted by molar-refractivity contribution is 0.424. The van der Waals surface area contributed by atoms with Gasteiger partial charge in [0.1, 0.15) is 15.9 Å². The Balaban J connectivity index is 1.57. The van der Waals surface area contributed by atoms with Crippen LogP contribution in [0.4, 0.5) is 5.69 Å². The number of sulfonamides is 2. The van der Waals surface area contributed by atoms with Gasteiger partial charge in [-0.2, -0.15) is 13.1 Å². The molecule has 1 aliphatic heterocycles. The average molecular weight is 453 g/mol. The van der Waals surface area contributed by atoms with Crippen molar-refractivity contribution in [2.24, 2.45) is 0 Å². The zero-order valence-corrected chi connectivity index (χ0v) is 17.9. The normalized spacial score (nSPS) is 16.6. The van der Waals surface area contributed by atoms with E-state index in [1.807, 2.05) is 0 Å². The van der Waals surface area contributed by atoms with Crippen LogP contribution >= 0.6 is 11.7 Å². The third-order valence-corrected chi connectivity index (χ3v) is 8.72. The first-order valence-electron chi connectivity index (χ1n) is 9.22. The van der Waals surface area contributed by atoms with Crippen LogP contribution in [-0.2, 0) is 20.0 Å². The van der Waals surface area contributed by atoms with Gasteiger partial charge in [0.25, 0.3) is 10.0 Å². The van der Waals surface area contributed by atoms with Crippen molar-refractivity contribution in [3.05, 3.63) is 42.5 Å². The van der Waals surface area contributed by atoms with Gasteiger partial charge in [0.2, 0.25) is 10.0 Å². The molecule has 0 radical (unpaired) electrons. The SMILES string of the molecule is O=S(=O)(Nc1ccc(S(=O)(=O)N2CCCCCC2)cc1)c1cccc2nsnc12. The highest BCUT2D eigenvalue weighted by molar-refractivity contribution is 7.93. The van der Waals surface area contributed by atoms with Crippen molar-refractivity contribution in [2.75, 3.05) is 17.8 Å². The largest absolute Gasteiger partial charge is 0.280 e. The van der Waals surface area contributed by atoms with Gasteiger partial charge >= 0.3 is 0 Å². The first kappa shape index (κ1) is 20.2. The van der Waals surface area contributed by atoms with Gasteiger partial charge in [-0.15, -0.1) is 0 Å². The Morgan fingerprint density at radius 2 is 1.55 bits per heavy atom. The molecule has 0 atom stereocenters. The van der Waals surface area contributed by atoms with E-state index in [0.717, 1.165) is 37.4 Å². The number of fused-ring (bicyclic) bond motifs is 1. The van der Waals surface area contributed by atoms with Gasteiger partial charge in [-0.05, 0) is 49.2 Å². The van der Waals surface area contributed by atoms with Crippen LogP contribution in [-0.4, -0.2) is 43.0 Å². The summed E-state index contributed by atoms with van der Waals surface area (Å²) in [5.74, 6) is 0. The lowest BCUT2D eigenvalue weighted by atomic mass is 10.2. The molecule has 4 rings (SSSR count). The molecular weight excluding hydrogens is 432 g/mol. The predicted octanol–water partition coefficient (Wildman–Crippen LogP) is 3.06. The van der Waals surface area contributed by atoms with Crippen LogP contribution < -0.4 is 4.72 Å². The molecule has 1 saturated heterocycles. The fourth-order valence-corrected chi connectivity index (χ4v) is 6.68. The summed E-state index contributed by atoms with van der Waals surface area (Å²) in [6, 6.07) is 10.6. The molecule has 1 fully saturated rings. The van der Waals surface area contributed by atoms with Gasteiger partial charge in [0.15, 0.2) is 0 Å². The van der Waals surface area contributed by atoms with Crippen molar-refractivity contribution in [1.29, 1.82) is 0 Å². The molecule has 29 heavy (non-hydrogen) atoms. The zero-order valence-electron chi connectivity index (χ0n) is 15.5. The monoisotopic (exact) mass is 452 g/mol. The number of nitrogens with one attached hydrogen (secondary N) is 1. The summed E-state index contributed by atoms with van der Waals surface area (Å²) < 4.78 is 63.4. The van der Waals surface area contributed by atoms with E-state index < -0.39 is 20.0 Å². The number of hydrogen-bond acceptors (Lipinski definition) is 7. The maximum absolute atomic E-state index is 12.8. The summed E-state index contributed by atoms with van der Waals surface area (Å²) in [5, 5.41) is 0. The lowest BCUT2D eigenvalue weighted by Gasteiger charge is -2.20. The zero-order chi connectivity index (χ0) is 20.5. The third kappa shape index (κ3) is 4.13. The average Bonchev–Trinajstić information content (AvgIpc) is 3.00. The minimum Gasteiger partial charge on any atom is -0.280 e. The molecule has 0 saturated carbocycles. The summed E-state index contributed by atoms with van der Waals surface area (Å²) in [5.41, 5.74) is 1.10. The fraction of sp³-hybridized carbons (Fsp3) is 0.333. The van der Waals surface area contributed by atoms with Crippen LogP contribution in [0.15, 0.2) is 52.3 Å². The number of anilines is 1. The first-order valence-corrected chi connectivity index (χ1v) is 12.9. The van der Waals surface area contributed by atoms with Gasteiger partial charge in [-0.1, -0.05) is 18.9 Å². The summed E-state index contributed by atoms with van der Waals surface area (Å²) in [7, 11) is -7.47. The molecule has 3 aromatic rings. The second kappa shape index (κ2) is 7.98. The molecule has 2 heterocycles. The fourth-order valence-electron chi connectivity index (χ4n) is 3.33. The van der Waals surface area contributed by atoms with Crippen LogP contribution in [0, 0.1) is 0 Å². The molecule has 1 aromatic heterocycles. The maximum atomic E-state index is 12.8. The van der Waals surface area contributed by atoms with Crippen molar-refractivity contribution in [3.63, 3.8) is 0 Å². The van der Waals surface area contributed by atoms with E-state index in [9.17, 15) is 16.8 Å². The molecule has 1 aliphatic rings. The molecule has 1 N–H and O–H groups in total. The molecule has 0 amide bonds. The van der Waals surface area contributed by atoms with Crippen molar-refractivity contribution in [3.8, 4) is 0 Å². The number of nitrogens with zero attached hydrogens (tertiary/aromatic N) is 3. The van der Waals surface area contributed by atoms with Crippen LogP contribution in [0.25, 0.3) is 11.0 Å². The molecule has 154 valence electrons. The highest BCUT2D eigenvalue weighted by Gasteiger charge is 2.25. The molecule has 0 unspecified atom stereocenters. The van der Waals surface area contributed by atoms with Crippen molar-refractivity contribution in [2.45, 2.75) is 35.5 Å². The third-order valence-electron chi connectivity index (χ3n) is 4.85. The molecule has 0 bridgehead atoms. The Morgan fingerprint density at radius 1 is 0.862 bits per heavy atom.